The van der Waals surface area contributed by atoms with Crippen LogP contribution in [0.15, 0.2) is 54.6 Å². The summed E-state index contributed by atoms with van der Waals surface area (Å²) >= 11 is 0. The first kappa shape index (κ1) is 11.9. The van der Waals surface area contributed by atoms with Crippen molar-refractivity contribution in [3.63, 3.8) is 0 Å². The van der Waals surface area contributed by atoms with Gasteiger partial charge in [0.05, 0.1) is 5.57 Å². The molecule has 2 aromatic carbocycles. The fraction of sp³-hybridized carbons (Fsp3) is 0. The van der Waals surface area contributed by atoms with E-state index in [9.17, 15) is 9.90 Å². The number of rotatable bonds is 3. The van der Waals surface area contributed by atoms with E-state index < -0.39 is 5.97 Å². The van der Waals surface area contributed by atoms with Crippen LogP contribution < -0.4 is 5.73 Å². The molecule has 90 valence electrons. The number of benzene rings is 2. The van der Waals surface area contributed by atoms with Gasteiger partial charge in [-0.05, 0) is 29.3 Å². The Morgan fingerprint density at radius 1 is 1.00 bits per heavy atom. The summed E-state index contributed by atoms with van der Waals surface area (Å²) in [5.74, 6) is -0.946. The van der Waals surface area contributed by atoms with Crippen LogP contribution in [0.25, 0.3) is 11.6 Å². The number of hydrogen-bond acceptors (Lipinski definition) is 2. The summed E-state index contributed by atoms with van der Waals surface area (Å²) in [7, 11) is 0. The van der Waals surface area contributed by atoms with Crippen LogP contribution in [0.1, 0.15) is 11.1 Å². The third-order valence-corrected chi connectivity index (χ3v) is 2.56. The van der Waals surface area contributed by atoms with E-state index in [4.69, 9.17) is 5.73 Å². The Balaban J connectivity index is 2.43. The van der Waals surface area contributed by atoms with Gasteiger partial charge in [0.25, 0.3) is 0 Å². The minimum atomic E-state index is -0.946. The highest BCUT2D eigenvalue weighted by atomic mass is 16.4. The van der Waals surface area contributed by atoms with Gasteiger partial charge in [-0.3, -0.25) is 0 Å². The molecule has 2 rings (SSSR count). The van der Waals surface area contributed by atoms with Crippen molar-refractivity contribution in [1.29, 1.82) is 0 Å². The topological polar surface area (TPSA) is 63.3 Å². The average molecular weight is 239 g/mol. The molecular formula is C15H13NO2. The number of aliphatic carboxylic acids is 1. The lowest BCUT2D eigenvalue weighted by Crippen LogP contribution is -1.99. The Bertz CT molecular complexity index is 571. The SMILES string of the molecule is Nc1ccc(/C=C(/C(=O)O)c2ccccc2)cc1. The number of hydrogen-bond donors (Lipinski definition) is 2. The maximum absolute atomic E-state index is 11.3. The van der Waals surface area contributed by atoms with Crippen molar-refractivity contribution < 1.29 is 9.90 Å². The first-order valence-corrected chi connectivity index (χ1v) is 5.53. The maximum atomic E-state index is 11.3. The van der Waals surface area contributed by atoms with Gasteiger partial charge in [-0.1, -0.05) is 42.5 Å². The van der Waals surface area contributed by atoms with Crippen molar-refractivity contribution in [2.24, 2.45) is 0 Å². The van der Waals surface area contributed by atoms with Crippen LogP contribution in [-0.4, -0.2) is 11.1 Å². The molecule has 0 aliphatic rings. The number of carbonyl (C=O) groups is 1. The first-order chi connectivity index (χ1) is 8.66. The van der Waals surface area contributed by atoms with Crippen LogP contribution in [0.5, 0.6) is 0 Å². The van der Waals surface area contributed by atoms with E-state index >= 15 is 0 Å². The molecule has 0 saturated heterocycles. The van der Waals surface area contributed by atoms with Crippen molar-refractivity contribution in [2.45, 2.75) is 0 Å². The molecular weight excluding hydrogens is 226 g/mol. The molecule has 0 spiro atoms. The zero-order chi connectivity index (χ0) is 13.0. The lowest BCUT2D eigenvalue weighted by atomic mass is 10.0. The van der Waals surface area contributed by atoms with Crippen LogP contribution in [0, 0.1) is 0 Å². The van der Waals surface area contributed by atoms with Gasteiger partial charge < -0.3 is 10.8 Å². The molecule has 3 heteroatoms. The Morgan fingerprint density at radius 2 is 1.61 bits per heavy atom. The molecule has 0 aliphatic carbocycles. The predicted octanol–water partition coefficient (Wildman–Crippen LogP) is 2.89. The Hall–Kier alpha value is -2.55. The summed E-state index contributed by atoms with van der Waals surface area (Å²) in [6.07, 6.45) is 1.64. The van der Waals surface area contributed by atoms with Crippen molar-refractivity contribution in [1.82, 2.24) is 0 Å². The molecule has 0 radical (unpaired) electrons. The van der Waals surface area contributed by atoms with Crippen LogP contribution >= 0.6 is 0 Å². The molecule has 0 saturated carbocycles. The first-order valence-electron chi connectivity index (χ1n) is 5.53. The lowest BCUT2D eigenvalue weighted by Gasteiger charge is -2.03. The maximum Gasteiger partial charge on any atom is 0.336 e. The average Bonchev–Trinajstić information content (AvgIpc) is 2.38. The fourth-order valence-electron chi connectivity index (χ4n) is 1.65. The predicted molar refractivity (Wildman–Crippen MR) is 72.8 cm³/mol. The summed E-state index contributed by atoms with van der Waals surface area (Å²) in [6.45, 7) is 0. The third kappa shape index (κ3) is 2.77. The zero-order valence-electron chi connectivity index (χ0n) is 9.71. The molecule has 0 aliphatic heterocycles. The minimum Gasteiger partial charge on any atom is -0.478 e. The second-order valence-corrected chi connectivity index (χ2v) is 3.90. The van der Waals surface area contributed by atoms with Gasteiger partial charge in [0.15, 0.2) is 0 Å². The highest BCUT2D eigenvalue weighted by Gasteiger charge is 2.09. The van der Waals surface area contributed by atoms with Gasteiger partial charge in [0.2, 0.25) is 0 Å². The smallest absolute Gasteiger partial charge is 0.336 e. The molecule has 3 nitrogen and oxygen atoms in total. The van der Waals surface area contributed by atoms with Crippen molar-refractivity contribution in [3.05, 3.63) is 65.7 Å². The van der Waals surface area contributed by atoms with Crippen LogP contribution in [0.2, 0.25) is 0 Å². The highest BCUT2D eigenvalue weighted by Crippen LogP contribution is 2.19. The Kier molecular flexibility index (Phi) is 3.44. The largest absolute Gasteiger partial charge is 0.478 e. The van der Waals surface area contributed by atoms with Gasteiger partial charge >= 0.3 is 5.97 Å². The molecule has 0 bridgehead atoms. The molecule has 0 atom stereocenters. The molecule has 18 heavy (non-hydrogen) atoms. The van der Waals surface area contributed by atoms with E-state index in [2.05, 4.69) is 0 Å². The summed E-state index contributed by atoms with van der Waals surface area (Å²) in [5.41, 5.74) is 8.00. The second-order valence-electron chi connectivity index (χ2n) is 3.90. The summed E-state index contributed by atoms with van der Waals surface area (Å²) in [5, 5.41) is 9.25. The van der Waals surface area contributed by atoms with E-state index in [1.54, 1.807) is 42.5 Å². The van der Waals surface area contributed by atoms with Gasteiger partial charge in [-0.2, -0.15) is 0 Å². The molecule has 3 N–H and O–H groups in total. The van der Waals surface area contributed by atoms with Gasteiger partial charge in [-0.15, -0.1) is 0 Å². The number of carboxylic acid groups (broad SMARTS) is 1. The van der Waals surface area contributed by atoms with Crippen molar-refractivity contribution >= 4 is 23.3 Å². The van der Waals surface area contributed by atoms with Crippen LogP contribution in [0.3, 0.4) is 0 Å². The van der Waals surface area contributed by atoms with Crippen LogP contribution in [-0.2, 0) is 4.79 Å². The monoisotopic (exact) mass is 239 g/mol. The highest BCUT2D eigenvalue weighted by molar-refractivity contribution is 6.20. The van der Waals surface area contributed by atoms with Gasteiger partial charge in [0, 0.05) is 5.69 Å². The fourth-order valence-corrected chi connectivity index (χ4v) is 1.65. The van der Waals surface area contributed by atoms with Crippen LogP contribution in [0.4, 0.5) is 5.69 Å². The molecule has 0 aromatic heterocycles. The second kappa shape index (κ2) is 5.19. The number of nitrogen functional groups attached to an aromatic ring is 1. The molecule has 0 fully saturated rings. The standard InChI is InChI=1S/C15H13NO2/c16-13-8-6-11(7-9-13)10-14(15(17)18)12-4-2-1-3-5-12/h1-10H,16H2,(H,17,18)/b14-10+. The van der Waals surface area contributed by atoms with E-state index in [-0.39, 0.29) is 5.57 Å². The zero-order valence-corrected chi connectivity index (χ0v) is 9.71. The van der Waals surface area contributed by atoms with E-state index in [0.29, 0.717) is 11.3 Å². The number of nitrogens with two attached hydrogens (primary N) is 1. The summed E-state index contributed by atoms with van der Waals surface area (Å²) in [6, 6.07) is 16.1. The molecule has 2 aromatic rings. The van der Waals surface area contributed by atoms with Gasteiger partial charge in [0.1, 0.15) is 0 Å². The van der Waals surface area contributed by atoms with Crippen molar-refractivity contribution in [3.8, 4) is 0 Å². The van der Waals surface area contributed by atoms with Crippen molar-refractivity contribution in [2.75, 3.05) is 5.73 Å². The molecule has 0 unspecified atom stereocenters. The number of carboxylic acids is 1. The normalized spacial score (nSPS) is 11.2. The lowest BCUT2D eigenvalue weighted by molar-refractivity contribution is -0.130. The van der Waals surface area contributed by atoms with E-state index in [1.165, 1.54) is 0 Å². The third-order valence-electron chi connectivity index (χ3n) is 2.56. The van der Waals surface area contributed by atoms with E-state index in [0.717, 1.165) is 5.56 Å². The quantitative estimate of drug-likeness (QED) is 0.491. The minimum absolute atomic E-state index is 0.264. The van der Waals surface area contributed by atoms with Gasteiger partial charge in [-0.25, -0.2) is 4.79 Å². The number of anilines is 1. The Morgan fingerprint density at radius 3 is 2.17 bits per heavy atom. The Labute approximate surface area is 105 Å². The molecule has 0 heterocycles. The summed E-state index contributed by atoms with van der Waals surface area (Å²) in [4.78, 5) is 11.3. The van der Waals surface area contributed by atoms with E-state index in [1.807, 2.05) is 18.2 Å². The summed E-state index contributed by atoms with van der Waals surface area (Å²) < 4.78 is 0. The molecule has 0 amide bonds.